The first-order valence-electron chi connectivity index (χ1n) is 7.49. The van der Waals surface area contributed by atoms with Gasteiger partial charge in [0.25, 0.3) is 0 Å². The predicted octanol–water partition coefficient (Wildman–Crippen LogP) is 3.79. The Labute approximate surface area is 120 Å². The molecule has 2 aromatic rings. The van der Waals surface area contributed by atoms with Crippen molar-refractivity contribution in [3.05, 3.63) is 41.6 Å². The van der Waals surface area contributed by atoms with E-state index in [0.717, 1.165) is 30.0 Å². The maximum absolute atomic E-state index is 5.43. The fraction of sp³-hybridized carbons (Fsp3) is 0.471. The van der Waals surface area contributed by atoms with Gasteiger partial charge in [-0.05, 0) is 30.7 Å². The molecule has 0 unspecified atom stereocenters. The van der Waals surface area contributed by atoms with E-state index in [4.69, 9.17) is 4.52 Å². The molecule has 0 radical (unpaired) electrons. The quantitative estimate of drug-likeness (QED) is 0.867. The molecule has 0 bridgehead atoms. The summed E-state index contributed by atoms with van der Waals surface area (Å²) >= 11 is 0. The van der Waals surface area contributed by atoms with E-state index in [-0.39, 0.29) is 0 Å². The zero-order chi connectivity index (χ0) is 13.9. The van der Waals surface area contributed by atoms with Crippen LogP contribution in [0.3, 0.4) is 0 Å². The highest BCUT2D eigenvalue weighted by Crippen LogP contribution is 2.23. The summed E-state index contributed by atoms with van der Waals surface area (Å²) in [5.74, 6) is 1.54. The van der Waals surface area contributed by atoms with Gasteiger partial charge in [0.1, 0.15) is 0 Å². The summed E-state index contributed by atoms with van der Waals surface area (Å²) in [4.78, 5) is 0. The third kappa shape index (κ3) is 3.48. The molecular formula is C17H22N2O. The number of nitrogens with one attached hydrogen (secondary N) is 1. The third-order valence-corrected chi connectivity index (χ3v) is 3.59. The van der Waals surface area contributed by atoms with E-state index in [1.54, 1.807) is 0 Å². The summed E-state index contributed by atoms with van der Waals surface area (Å²) in [6.07, 6.45) is 3.71. The molecule has 0 amide bonds. The normalized spacial score (nSPS) is 14.9. The van der Waals surface area contributed by atoms with Crippen LogP contribution < -0.4 is 5.32 Å². The van der Waals surface area contributed by atoms with Gasteiger partial charge in [0.15, 0.2) is 5.76 Å². The van der Waals surface area contributed by atoms with Crippen LogP contribution in [0.25, 0.3) is 11.3 Å². The number of benzene rings is 1. The Morgan fingerprint density at radius 2 is 2.00 bits per heavy atom. The van der Waals surface area contributed by atoms with Gasteiger partial charge in [-0.15, -0.1) is 0 Å². The molecule has 1 aliphatic rings. The summed E-state index contributed by atoms with van der Waals surface area (Å²) in [6, 6.07) is 11.3. The number of rotatable bonds is 6. The highest BCUT2D eigenvalue weighted by Gasteiger charge is 2.20. The first-order chi connectivity index (χ1) is 9.70. The second-order valence-corrected chi connectivity index (χ2v) is 6.13. The highest BCUT2D eigenvalue weighted by molar-refractivity contribution is 5.57. The van der Waals surface area contributed by atoms with E-state index < -0.39 is 0 Å². The Hall–Kier alpha value is -1.61. The Bertz CT molecular complexity index is 553. The molecule has 3 rings (SSSR count). The van der Waals surface area contributed by atoms with Crippen molar-refractivity contribution in [2.24, 2.45) is 5.92 Å². The first kappa shape index (κ1) is 13.4. The zero-order valence-electron chi connectivity index (χ0n) is 12.2. The molecule has 1 saturated carbocycles. The molecule has 1 N–H and O–H groups in total. The predicted molar refractivity (Wildman–Crippen MR) is 80.3 cm³/mol. The van der Waals surface area contributed by atoms with Crippen LogP contribution in [0.4, 0.5) is 0 Å². The van der Waals surface area contributed by atoms with Crippen LogP contribution >= 0.6 is 0 Å². The van der Waals surface area contributed by atoms with E-state index in [1.165, 1.54) is 18.4 Å². The minimum Gasteiger partial charge on any atom is -0.356 e. The van der Waals surface area contributed by atoms with Gasteiger partial charge >= 0.3 is 0 Å². The smallest absolute Gasteiger partial charge is 0.167 e. The SMILES string of the molecule is CC(C)Cc1ccc(-c2cc(CNC3CC3)no2)cc1. The van der Waals surface area contributed by atoms with Gasteiger partial charge in [0.05, 0.1) is 5.69 Å². The lowest BCUT2D eigenvalue weighted by atomic mass is 10.0. The largest absolute Gasteiger partial charge is 0.356 e. The Balaban J connectivity index is 1.65. The Morgan fingerprint density at radius 1 is 1.25 bits per heavy atom. The topological polar surface area (TPSA) is 38.1 Å². The van der Waals surface area contributed by atoms with Crippen LogP contribution in [0, 0.1) is 5.92 Å². The molecule has 1 heterocycles. The molecule has 1 fully saturated rings. The van der Waals surface area contributed by atoms with Crippen molar-refractivity contribution >= 4 is 0 Å². The molecule has 0 aliphatic heterocycles. The average molecular weight is 270 g/mol. The molecule has 3 heteroatoms. The molecule has 0 atom stereocenters. The van der Waals surface area contributed by atoms with E-state index in [1.807, 2.05) is 6.07 Å². The molecule has 0 saturated heterocycles. The zero-order valence-corrected chi connectivity index (χ0v) is 12.2. The van der Waals surface area contributed by atoms with Crippen LogP contribution in [0.15, 0.2) is 34.9 Å². The first-order valence-corrected chi connectivity index (χ1v) is 7.49. The van der Waals surface area contributed by atoms with Gasteiger partial charge in [-0.2, -0.15) is 0 Å². The minimum absolute atomic E-state index is 0.686. The van der Waals surface area contributed by atoms with Crippen molar-refractivity contribution < 1.29 is 4.52 Å². The molecule has 1 aromatic carbocycles. The van der Waals surface area contributed by atoms with E-state index in [0.29, 0.717) is 12.0 Å². The number of hydrogen-bond acceptors (Lipinski definition) is 3. The standard InChI is InChI=1S/C17H22N2O/c1-12(2)9-13-3-5-14(6-4-13)17-10-16(19-20-17)11-18-15-7-8-15/h3-6,10,12,15,18H,7-9,11H2,1-2H3. The van der Waals surface area contributed by atoms with Crippen LogP contribution in [0.1, 0.15) is 37.9 Å². The molecule has 1 aliphatic carbocycles. The van der Waals surface area contributed by atoms with Crippen molar-refractivity contribution in [1.82, 2.24) is 10.5 Å². The molecule has 106 valence electrons. The van der Waals surface area contributed by atoms with Gasteiger partial charge in [-0.3, -0.25) is 0 Å². The van der Waals surface area contributed by atoms with Gasteiger partial charge in [-0.1, -0.05) is 43.3 Å². The average Bonchev–Trinajstić information content (AvgIpc) is 3.14. The maximum Gasteiger partial charge on any atom is 0.167 e. The summed E-state index contributed by atoms with van der Waals surface area (Å²) in [7, 11) is 0. The number of hydrogen-bond donors (Lipinski definition) is 1. The van der Waals surface area contributed by atoms with E-state index in [9.17, 15) is 0 Å². The minimum atomic E-state index is 0.686. The lowest BCUT2D eigenvalue weighted by molar-refractivity contribution is 0.420. The van der Waals surface area contributed by atoms with Gasteiger partial charge in [0.2, 0.25) is 0 Å². The summed E-state index contributed by atoms with van der Waals surface area (Å²) in [5.41, 5.74) is 3.46. The number of aromatic nitrogens is 1. The van der Waals surface area contributed by atoms with Crippen molar-refractivity contribution in [3.63, 3.8) is 0 Å². The van der Waals surface area contributed by atoms with Crippen LogP contribution in [-0.2, 0) is 13.0 Å². The van der Waals surface area contributed by atoms with Crippen LogP contribution in [0.2, 0.25) is 0 Å². The number of nitrogens with zero attached hydrogens (tertiary/aromatic N) is 1. The van der Waals surface area contributed by atoms with Crippen molar-refractivity contribution in [3.8, 4) is 11.3 Å². The molecule has 20 heavy (non-hydrogen) atoms. The van der Waals surface area contributed by atoms with Crippen LogP contribution in [-0.4, -0.2) is 11.2 Å². The van der Waals surface area contributed by atoms with Crippen molar-refractivity contribution in [1.29, 1.82) is 0 Å². The molecule has 1 aromatic heterocycles. The van der Waals surface area contributed by atoms with Gasteiger partial charge < -0.3 is 9.84 Å². The maximum atomic E-state index is 5.43. The Morgan fingerprint density at radius 3 is 2.65 bits per heavy atom. The van der Waals surface area contributed by atoms with Crippen molar-refractivity contribution in [2.75, 3.05) is 0 Å². The summed E-state index contributed by atoms with van der Waals surface area (Å²) in [5, 5.41) is 7.57. The lowest BCUT2D eigenvalue weighted by Gasteiger charge is -2.04. The van der Waals surface area contributed by atoms with E-state index >= 15 is 0 Å². The second kappa shape index (κ2) is 5.80. The third-order valence-electron chi connectivity index (χ3n) is 3.59. The fourth-order valence-electron chi connectivity index (χ4n) is 2.34. The molecule has 0 spiro atoms. The van der Waals surface area contributed by atoms with Crippen molar-refractivity contribution in [2.45, 2.75) is 45.7 Å². The Kier molecular flexibility index (Phi) is 3.88. The van der Waals surface area contributed by atoms with Gasteiger partial charge in [-0.25, -0.2) is 0 Å². The monoisotopic (exact) mass is 270 g/mol. The molecular weight excluding hydrogens is 248 g/mol. The highest BCUT2D eigenvalue weighted by atomic mass is 16.5. The van der Waals surface area contributed by atoms with Crippen LogP contribution in [0.5, 0.6) is 0 Å². The van der Waals surface area contributed by atoms with E-state index in [2.05, 4.69) is 48.6 Å². The summed E-state index contributed by atoms with van der Waals surface area (Å²) in [6.45, 7) is 5.28. The lowest BCUT2D eigenvalue weighted by Crippen LogP contribution is -2.15. The van der Waals surface area contributed by atoms with Gasteiger partial charge in [0, 0.05) is 24.2 Å². The second-order valence-electron chi connectivity index (χ2n) is 6.13. The molecule has 3 nitrogen and oxygen atoms in total. The fourth-order valence-corrected chi connectivity index (χ4v) is 2.34. The summed E-state index contributed by atoms with van der Waals surface area (Å²) < 4.78 is 5.43.